The van der Waals surface area contributed by atoms with E-state index < -0.39 is 11.9 Å². The molecule has 51 heavy (non-hydrogen) atoms. The van der Waals surface area contributed by atoms with Crippen LogP contribution in [0.25, 0.3) is 11.4 Å². The first-order chi connectivity index (χ1) is 23.6. The van der Waals surface area contributed by atoms with Crippen molar-refractivity contribution in [1.29, 1.82) is 0 Å². The number of benzene rings is 1. The normalized spacial score (nSPS) is 13.3. The van der Waals surface area contributed by atoms with Crippen LogP contribution in [0.3, 0.4) is 0 Å². The molecule has 0 unspecified atom stereocenters. The van der Waals surface area contributed by atoms with Gasteiger partial charge in [0.05, 0.1) is 24.1 Å². The second-order valence-electron chi connectivity index (χ2n) is 15.5. The molecule has 0 bridgehead atoms. The molecule has 8 nitrogen and oxygen atoms in total. The minimum atomic E-state index is -4.66. The van der Waals surface area contributed by atoms with Crippen LogP contribution in [0.4, 0.5) is 24.7 Å². The molecule has 2 heterocycles. The predicted molar refractivity (Wildman–Crippen MR) is 207 cm³/mol. The lowest BCUT2D eigenvalue weighted by atomic mass is 9.72. The monoisotopic (exact) mass is 706 g/mol. The Kier molecular flexibility index (Phi) is 13.3. The van der Waals surface area contributed by atoms with Crippen LogP contribution in [0.2, 0.25) is 0 Å². The van der Waals surface area contributed by atoms with Crippen LogP contribution in [-0.4, -0.2) is 35.2 Å². The predicted octanol–water partition coefficient (Wildman–Crippen LogP) is 9.42. The number of guanidine groups is 1. The van der Waals surface area contributed by atoms with Gasteiger partial charge < -0.3 is 26.2 Å². The quantitative estimate of drug-likeness (QED) is 0.115. The van der Waals surface area contributed by atoms with Crippen molar-refractivity contribution < 1.29 is 13.2 Å². The molecule has 2 aromatic rings. The molecule has 3 rings (SSSR count). The maximum Gasteiger partial charge on any atom is 0.430 e. The summed E-state index contributed by atoms with van der Waals surface area (Å²) in [6.07, 6.45) is -0.212. The number of anilines is 1. The number of allylic oxidation sites excluding steroid dienone is 3. The second kappa shape index (κ2) is 16.7. The van der Waals surface area contributed by atoms with E-state index in [1.165, 1.54) is 6.20 Å². The Labute approximate surface area is 303 Å². The number of hydrogen-bond donors (Lipinski definition) is 4. The molecule has 1 aliphatic rings. The van der Waals surface area contributed by atoms with E-state index in [4.69, 9.17) is 0 Å². The van der Waals surface area contributed by atoms with Crippen molar-refractivity contribution in [2.24, 2.45) is 27.7 Å². The summed E-state index contributed by atoms with van der Waals surface area (Å²) in [5.41, 5.74) is 3.89. The number of aromatic nitrogens is 2. The fourth-order valence-electron chi connectivity index (χ4n) is 5.88. The van der Waals surface area contributed by atoms with E-state index in [1.54, 1.807) is 24.3 Å². The lowest BCUT2D eigenvalue weighted by molar-refractivity contribution is -0.0931. The van der Waals surface area contributed by atoms with E-state index in [1.807, 2.05) is 13.8 Å². The minimum absolute atomic E-state index is 0.114. The average molecular weight is 707 g/mol. The van der Waals surface area contributed by atoms with Gasteiger partial charge >= 0.3 is 6.18 Å². The number of hydrogen-bond acceptors (Lipinski definition) is 8. The topological polar surface area (TPSA) is 89.5 Å². The van der Waals surface area contributed by atoms with Gasteiger partial charge in [-0.05, 0) is 59.6 Å². The molecule has 0 amide bonds. The fourth-order valence-corrected chi connectivity index (χ4v) is 5.88. The van der Waals surface area contributed by atoms with E-state index in [0.717, 1.165) is 54.2 Å². The van der Waals surface area contributed by atoms with Crippen LogP contribution in [0.1, 0.15) is 91.6 Å². The Morgan fingerprint density at radius 3 is 2.12 bits per heavy atom. The number of rotatable bonds is 18. The summed E-state index contributed by atoms with van der Waals surface area (Å²) in [6.45, 7) is 38.5. The smallest absolute Gasteiger partial charge is 0.388 e. The van der Waals surface area contributed by atoms with Gasteiger partial charge in [-0.25, -0.2) is 9.97 Å². The maximum atomic E-state index is 14.0. The summed E-state index contributed by atoms with van der Waals surface area (Å²) in [6, 6.07) is 6.76. The zero-order valence-electron chi connectivity index (χ0n) is 31.7. The molecule has 0 fully saturated rings. The van der Waals surface area contributed by atoms with Crippen molar-refractivity contribution in [1.82, 2.24) is 31.2 Å². The zero-order valence-corrected chi connectivity index (χ0v) is 31.7. The molecule has 0 atom stereocenters. The zero-order chi connectivity index (χ0) is 38.3. The van der Waals surface area contributed by atoms with Crippen molar-refractivity contribution in [3.63, 3.8) is 0 Å². The van der Waals surface area contributed by atoms with Crippen molar-refractivity contribution in [3.05, 3.63) is 97.4 Å². The Bertz CT molecular complexity index is 1630. The maximum absolute atomic E-state index is 14.0. The first-order valence-corrected chi connectivity index (χ1v) is 17.4. The fraction of sp³-hybridized carbons (Fsp3) is 0.475. The third kappa shape index (κ3) is 12.0. The standard InChI is InChI=1S/C40H57F3N8/c1-25(2)27(5)46-24-39(12,13)23-38(10,11)19-14-20-44-29(7)32-15-17-34(18-16-32)51(31(9)40(41,42)43)22-33-21-45-36-35(49-33)30(8)48-37(50-36)47-28(6)26(3)4/h15-18,21,25-26,44,46H,5-9,14,19-20,22-24H2,1-4,10-13H3,(H2,45,47,48,50). The van der Waals surface area contributed by atoms with E-state index in [0.29, 0.717) is 46.2 Å². The lowest BCUT2D eigenvalue weighted by Crippen LogP contribution is -2.38. The lowest BCUT2D eigenvalue weighted by Gasteiger charge is -2.36. The van der Waals surface area contributed by atoms with Gasteiger partial charge in [0.15, 0.2) is 5.82 Å². The summed E-state index contributed by atoms with van der Waals surface area (Å²) in [7, 11) is 0. The average Bonchev–Trinajstić information content (AvgIpc) is 3.03. The Hall–Kier alpha value is -4.54. The number of aliphatic imine (C=N–C) groups is 1. The number of alkyl halides is 3. The summed E-state index contributed by atoms with van der Waals surface area (Å²) in [4.78, 5) is 14.5. The molecular weight excluding hydrogens is 649 g/mol. The highest BCUT2D eigenvalue weighted by Gasteiger charge is 2.37. The largest absolute Gasteiger partial charge is 0.430 e. The van der Waals surface area contributed by atoms with E-state index >= 15 is 0 Å². The Morgan fingerprint density at radius 2 is 1.53 bits per heavy atom. The second-order valence-corrected chi connectivity index (χ2v) is 15.5. The molecule has 1 aliphatic heterocycles. The molecule has 278 valence electrons. The molecule has 0 saturated carbocycles. The van der Waals surface area contributed by atoms with Crippen molar-refractivity contribution in [2.75, 3.05) is 18.0 Å². The molecule has 1 aromatic carbocycles. The minimum Gasteiger partial charge on any atom is -0.388 e. The first-order valence-electron chi connectivity index (χ1n) is 17.4. The van der Waals surface area contributed by atoms with Crippen LogP contribution in [0.15, 0.2) is 85.4 Å². The third-order valence-corrected chi connectivity index (χ3v) is 8.87. The van der Waals surface area contributed by atoms with Crippen LogP contribution in [0.5, 0.6) is 0 Å². The summed E-state index contributed by atoms with van der Waals surface area (Å²) < 4.78 is 42.1. The van der Waals surface area contributed by atoms with Gasteiger partial charge in [0.2, 0.25) is 5.96 Å². The highest BCUT2D eigenvalue weighted by molar-refractivity contribution is 5.95. The Morgan fingerprint density at radius 1 is 0.902 bits per heavy atom. The van der Waals surface area contributed by atoms with Crippen molar-refractivity contribution in [2.45, 2.75) is 87.4 Å². The SMILES string of the molecule is C=C(NCCCC(C)(C)CC(C)(C)CNC(=C)C(C)C)c1ccc(N(Cc2cnc3c(n2)C(=C)NC(NC(=C)C(C)C)=N3)C(=C)C(F)(F)F)cc1. The van der Waals surface area contributed by atoms with Crippen LogP contribution in [0, 0.1) is 22.7 Å². The van der Waals surface area contributed by atoms with Gasteiger partial charge in [-0.15, -0.1) is 0 Å². The van der Waals surface area contributed by atoms with Gasteiger partial charge in [-0.2, -0.15) is 18.2 Å². The van der Waals surface area contributed by atoms with Crippen LogP contribution >= 0.6 is 0 Å². The molecular formula is C40H57F3N8. The highest BCUT2D eigenvalue weighted by Crippen LogP contribution is 2.37. The van der Waals surface area contributed by atoms with Gasteiger partial charge in [0.25, 0.3) is 0 Å². The number of fused-ring (bicyclic) bond motifs is 1. The summed E-state index contributed by atoms with van der Waals surface area (Å²) in [5, 5.41) is 13.0. The molecule has 0 spiro atoms. The third-order valence-electron chi connectivity index (χ3n) is 8.87. The number of halogens is 3. The Balaban J connectivity index is 1.65. The number of nitrogens with one attached hydrogen (secondary N) is 4. The van der Waals surface area contributed by atoms with Gasteiger partial charge in [-0.3, -0.25) is 0 Å². The van der Waals surface area contributed by atoms with Crippen LogP contribution < -0.4 is 26.2 Å². The molecule has 0 aliphatic carbocycles. The van der Waals surface area contributed by atoms with Gasteiger partial charge in [0, 0.05) is 35.9 Å². The van der Waals surface area contributed by atoms with E-state index in [2.05, 4.69) is 111 Å². The summed E-state index contributed by atoms with van der Waals surface area (Å²) >= 11 is 0. The molecule has 1 aromatic heterocycles. The molecule has 11 heteroatoms. The van der Waals surface area contributed by atoms with Gasteiger partial charge in [0.1, 0.15) is 11.4 Å². The molecule has 4 N–H and O–H groups in total. The summed E-state index contributed by atoms with van der Waals surface area (Å²) in [5.74, 6) is 1.27. The van der Waals surface area contributed by atoms with Crippen LogP contribution in [-0.2, 0) is 6.54 Å². The number of nitrogens with zero attached hydrogens (tertiary/aromatic N) is 4. The molecule has 0 saturated heterocycles. The van der Waals surface area contributed by atoms with Gasteiger partial charge in [-0.1, -0.05) is 100 Å². The van der Waals surface area contributed by atoms with Crippen molar-refractivity contribution >= 4 is 28.9 Å². The van der Waals surface area contributed by atoms with Crippen molar-refractivity contribution in [3.8, 4) is 0 Å². The van der Waals surface area contributed by atoms with E-state index in [-0.39, 0.29) is 23.3 Å². The highest BCUT2D eigenvalue weighted by atomic mass is 19.4. The first kappa shape index (κ1) is 40.9. The molecule has 0 radical (unpaired) electrons. The van der Waals surface area contributed by atoms with E-state index in [9.17, 15) is 13.2 Å².